The summed E-state index contributed by atoms with van der Waals surface area (Å²) in [6, 6.07) is 6.98. The number of benzene rings is 2. The van der Waals surface area contributed by atoms with Gasteiger partial charge < -0.3 is 69.7 Å². The van der Waals surface area contributed by atoms with Gasteiger partial charge in [-0.2, -0.15) is 0 Å². The van der Waals surface area contributed by atoms with Gasteiger partial charge in [0.1, 0.15) is 42.3 Å². The van der Waals surface area contributed by atoms with E-state index in [4.69, 9.17) is 17.2 Å². The maximum atomic E-state index is 14.6. The highest BCUT2D eigenvalue weighted by atomic mass is 16.2. The molecular weight excluding hydrogens is 955 g/mol. The number of amides is 9. The number of hydrogen-bond donors (Lipinski definition) is 13. The van der Waals surface area contributed by atoms with Gasteiger partial charge in [0.25, 0.3) is 0 Å². The molecule has 0 saturated carbocycles. The van der Waals surface area contributed by atoms with E-state index in [-0.39, 0.29) is 83.3 Å². The van der Waals surface area contributed by atoms with Crippen LogP contribution in [0.3, 0.4) is 0 Å². The van der Waals surface area contributed by atoms with Crippen LogP contribution in [0.5, 0.6) is 0 Å². The average molecular weight is 1020 g/mol. The van der Waals surface area contributed by atoms with E-state index in [1.807, 2.05) is 31.2 Å². The Morgan fingerprint density at radius 2 is 1.47 bits per heavy atom. The van der Waals surface area contributed by atoms with E-state index < -0.39 is 95.5 Å². The van der Waals surface area contributed by atoms with Gasteiger partial charge in [-0.15, -0.1) is 0 Å². The highest BCUT2D eigenvalue weighted by Crippen LogP contribution is 2.19. The molecule has 0 radical (unpaired) electrons. The lowest BCUT2D eigenvalue weighted by Crippen LogP contribution is -2.60. The van der Waals surface area contributed by atoms with Gasteiger partial charge in [-0.3, -0.25) is 48.1 Å². The molecular formula is C50H69N15O9. The van der Waals surface area contributed by atoms with Gasteiger partial charge in [0.15, 0.2) is 5.96 Å². The van der Waals surface area contributed by atoms with Crippen LogP contribution in [-0.2, 0) is 62.4 Å². The summed E-state index contributed by atoms with van der Waals surface area (Å²) in [6.07, 6.45) is 5.40. The van der Waals surface area contributed by atoms with E-state index in [2.05, 4.69) is 62.5 Å². The first-order chi connectivity index (χ1) is 35.5. The fraction of sp³-hybridized carbons (Fsp3) is 0.460. The second kappa shape index (κ2) is 28.7. The van der Waals surface area contributed by atoms with E-state index in [0.717, 1.165) is 10.9 Å². The highest BCUT2D eigenvalue weighted by Gasteiger charge is 2.35. The van der Waals surface area contributed by atoms with Crippen LogP contribution < -0.4 is 59.7 Å². The van der Waals surface area contributed by atoms with E-state index in [1.165, 1.54) is 19.4 Å². The van der Waals surface area contributed by atoms with Crippen molar-refractivity contribution in [1.82, 2.24) is 57.5 Å². The Kier molecular flexibility index (Phi) is 21.9. The smallest absolute Gasteiger partial charge is 0.243 e. The van der Waals surface area contributed by atoms with Crippen molar-refractivity contribution < 1.29 is 43.2 Å². The van der Waals surface area contributed by atoms with Gasteiger partial charge in [0.05, 0.1) is 6.33 Å². The van der Waals surface area contributed by atoms with E-state index in [0.29, 0.717) is 29.7 Å². The molecule has 9 amide bonds. The normalized spacial score (nSPS) is 20.2. The predicted octanol–water partition coefficient (Wildman–Crippen LogP) is -1.25. The molecule has 0 unspecified atom stereocenters. The summed E-state index contributed by atoms with van der Waals surface area (Å²) in [5.74, 6) is -6.78. The number of carbonyl (C=O) groups excluding carboxylic acids is 9. The zero-order valence-corrected chi connectivity index (χ0v) is 41.7. The zero-order chi connectivity index (χ0) is 53.6. The van der Waals surface area contributed by atoms with Crippen molar-refractivity contribution in [2.24, 2.45) is 22.2 Å². The number of carbonyl (C=O) groups is 9. The number of aliphatic imine (C=N–C) groups is 1. The Bertz CT molecular complexity index is 2580. The van der Waals surface area contributed by atoms with Crippen molar-refractivity contribution in [3.8, 4) is 0 Å². The summed E-state index contributed by atoms with van der Waals surface area (Å²) < 4.78 is 0. The molecule has 4 aromatic rings. The number of imidazole rings is 1. The fourth-order valence-corrected chi connectivity index (χ4v) is 8.39. The molecule has 0 spiro atoms. The number of primary amides is 1. The summed E-state index contributed by atoms with van der Waals surface area (Å²) in [4.78, 5) is 139. The van der Waals surface area contributed by atoms with Crippen LogP contribution in [0.4, 0.5) is 0 Å². The van der Waals surface area contributed by atoms with Crippen molar-refractivity contribution in [3.05, 3.63) is 90.1 Å². The molecule has 16 N–H and O–H groups in total. The first kappa shape index (κ1) is 56.6. The molecule has 24 nitrogen and oxygen atoms in total. The number of nitrogens with zero attached hydrogens (tertiary/aromatic N) is 2. The molecule has 1 aliphatic heterocycles. The van der Waals surface area contributed by atoms with Crippen molar-refractivity contribution in [1.29, 1.82) is 0 Å². The highest BCUT2D eigenvalue weighted by molar-refractivity contribution is 5.98. The van der Waals surface area contributed by atoms with Crippen LogP contribution in [0, 0.1) is 0 Å². The summed E-state index contributed by atoms with van der Waals surface area (Å²) in [6.45, 7) is 3.21. The Balaban J connectivity index is 1.51. The van der Waals surface area contributed by atoms with Crippen molar-refractivity contribution in [2.45, 2.75) is 133 Å². The van der Waals surface area contributed by atoms with Crippen LogP contribution in [-0.4, -0.2) is 129 Å². The number of nitrogens with two attached hydrogens (primary N) is 3. The lowest BCUT2D eigenvalue weighted by molar-refractivity contribution is -0.136. The van der Waals surface area contributed by atoms with Crippen molar-refractivity contribution >= 4 is 70.0 Å². The molecule has 2 aromatic carbocycles. The molecule has 7 atom stereocenters. The number of para-hydroxylation sites is 1. The SMILES string of the molecule is CCCC[C@H](NC(C)=O)C(=O)N[C@H]1CCC(=O)NCCC[C@@H](C(=O)N[C@@H](Cc2c[nH]c3ccccc23)C(N)=O)NC(=O)[C@H](CCCN=C(N)N)NC(=O)[C@@H](Cc2ccccc2)NC(=O)[C@H](Cc2cnc[nH]2)NC1=O. The topological polar surface area (TPSA) is 385 Å². The number of rotatable bonds is 19. The number of fused-ring (bicyclic) bond motifs is 1. The lowest BCUT2D eigenvalue weighted by Gasteiger charge is -2.28. The maximum absolute atomic E-state index is 14.6. The minimum absolute atomic E-state index is 0.00859. The monoisotopic (exact) mass is 1020 g/mol. The molecule has 74 heavy (non-hydrogen) atoms. The molecule has 0 aliphatic carbocycles. The summed E-state index contributed by atoms with van der Waals surface area (Å²) >= 11 is 0. The van der Waals surface area contributed by atoms with Crippen LogP contribution in [0.25, 0.3) is 10.9 Å². The van der Waals surface area contributed by atoms with E-state index >= 15 is 0 Å². The van der Waals surface area contributed by atoms with Gasteiger partial charge in [0.2, 0.25) is 53.2 Å². The van der Waals surface area contributed by atoms with Gasteiger partial charge in [-0.1, -0.05) is 68.3 Å². The third-order valence-electron chi connectivity index (χ3n) is 12.3. The van der Waals surface area contributed by atoms with Gasteiger partial charge in [-0.05, 0) is 55.7 Å². The Morgan fingerprint density at radius 1 is 0.784 bits per heavy atom. The second-order valence-corrected chi connectivity index (χ2v) is 18.2. The zero-order valence-electron chi connectivity index (χ0n) is 41.7. The third kappa shape index (κ3) is 18.1. The molecule has 398 valence electrons. The summed E-state index contributed by atoms with van der Waals surface area (Å²) in [7, 11) is 0. The predicted molar refractivity (Wildman–Crippen MR) is 274 cm³/mol. The lowest BCUT2D eigenvalue weighted by atomic mass is 10.0. The van der Waals surface area contributed by atoms with Crippen molar-refractivity contribution in [2.75, 3.05) is 13.1 Å². The van der Waals surface area contributed by atoms with Crippen LogP contribution >= 0.6 is 0 Å². The Morgan fingerprint density at radius 3 is 2.16 bits per heavy atom. The van der Waals surface area contributed by atoms with Crippen molar-refractivity contribution in [3.63, 3.8) is 0 Å². The molecule has 24 heteroatoms. The first-order valence-electron chi connectivity index (χ1n) is 24.8. The molecule has 1 aliphatic rings. The number of H-pyrrole nitrogens is 2. The van der Waals surface area contributed by atoms with Crippen LogP contribution in [0.1, 0.15) is 88.5 Å². The summed E-state index contributed by atoms with van der Waals surface area (Å²) in [5.41, 5.74) is 19.5. The molecule has 1 saturated heterocycles. The van der Waals surface area contributed by atoms with Crippen LogP contribution in [0.2, 0.25) is 0 Å². The molecule has 1 fully saturated rings. The van der Waals surface area contributed by atoms with Gasteiger partial charge in [0, 0.05) is 74.7 Å². The number of nitrogens with one attached hydrogen (secondary N) is 10. The summed E-state index contributed by atoms with van der Waals surface area (Å²) in [5, 5.41) is 22.5. The minimum atomic E-state index is -1.41. The number of unbranched alkanes of at least 4 members (excludes halogenated alkanes) is 1. The average Bonchev–Trinajstić information content (AvgIpc) is 4.04. The third-order valence-corrected chi connectivity index (χ3v) is 12.3. The Labute approximate surface area is 428 Å². The number of aromatic amines is 2. The largest absolute Gasteiger partial charge is 0.370 e. The van der Waals surface area contributed by atoms with E-state index in [9.17, 15) is 43.2 Å². The second-order valence-electron chi connectivity index (χ2n) is 18.2. The maximum Gasteiger partial charge on any atom is 0.243 e. The fourth-order valence-electron chi connectivity index (χ4n) is 8.39. The minimum Gasteiger partial charge on any atom is -0.370 e. The number of guanidine groups is 1. The molecule has 2 aromatic heterocycles. The first-order valence-corrected chi connectivity index (χ1v) is 24.8. The number of hydrogen-bond acceptors (Lipinski definition) is 11. The Hall–Kier alpha value is -8.31. The standard InChI is InChI=1S/C50H69N15O9/c1-3-4-15-35(59-29(2)66)44(69)62-38-19-20-42(67)55-21-10-17-37(46(71)63-39(43(51)68)24-31-26-57-34-16-9-8-14-33(31)34)60-45(70)36(18-11-22-56-50(52)53)61-48(73)40(23-30-12-6-5-7-13-30)64-49(74)41(65-47(38)72)25-32-27-54-28-58-32/h5-9,12-14,16,26-28,35-41,57H,3-4,10-11,15,17-25H2,1-2H3,(H2,51,68)(H,54,58)(H,55,67)(H,59,66)(H,60,70)(H,61,73)(H,62,69)(H,63,71)(H,64,74)(H,65,72)(H4,52,53,56)/t35-,36-,37-,38-,39-,40+,41-/m0/s1. The number of aromatic nitrogens is 3. The van der Waals surface area contributed by atoms with Gasteiger partial charge >= 0.3 is 0 Å². The van der Waals surface area contributed by atoms with E-state index in [1.54, 1.807) is 36.5 Å². The molecule has 3 heterocycles. The quantitative estimate of drug-likeness (QED) is 0.0298. The molecule has 0 bridgehead atoms. The van der Waals surface area contributed by atoms with Gasteiger partial charge in [-0.25, -0.2) is 4.98 Å². The molecule has 5 rings (SSSR count). The van der Waals surface area contributed by atoms with Crippen LogP contribution in [0.15, 0.2) is 78.3 Å².